The van der Waals surface area contributed by atoms with Gasteiger partial charge in [-0.25, -0.2) is 18.0 Å². The third kappa shape index (κ3) is 10.3. The van der Waals surface area contributed by atoms with Crippen LogP contribution in [0, 0.1) is 24.0 Å². The highest BCUT2D eigenvalue weighted by molar-refractivity contribution is 7.91. The summed E-state index contributed by atoms with van der Waals surface area (Å²) in [5.41, 5.74) is -3.50. The monoisotopic (exact) mass is 555 g/mol. The minimum Gasteiger partial charge on any atom is -0.477 e. The summed E-state index contributed by atoms with van der Waals surface area (Å²) < 4.78 is 26.2. The Labute approximate surface area is 227 Å². The number of benzene rings is 1. The minimum atomic E-state index is -4.04. The smallest absolute Gasteiger partial charge is 0.343 e. The molecule has 9 nitrogen and oxygen atoms in total. The summed E-state index contributed by atoms with van der Waals surface area (Å²) in [6.07, 6.45) is 18.3. The van der Waals surface area contributed by atoms with E-state index < -0.39 is 48.4 Å². The highest BCUT2D eigenvalue weighted by atomic mass is 32.2. The van der Waals surface area contributed by atoms with Gasteiger partial charge in [0, 0.05) is 0 Å². The van der Waals surface area contributed by atoms with Crippen molar-refractivity contribution in [2.45, 2.75) is 128 Å². The first-order valence-corrected chi connectivity index (χ1v) is 15.6. The molecule has 0 saturated heterocycles. The van der Waals surface area contributed by atoms with Crippen LogP contribution in [0.3, 0.4) is 0 Å². The standard InChI is InChI=1S/C28H45NO8S/c1-4-5-6-7-8-9-10-11-12-13-14-15-16-17-18-19-20-38(36,37)26-21(2)23(27(30)31)25(29(34)35)24(22(26)3)28(32)33/h4-20H2,1-3H3,(H,30,31)(H,32,33). The van der Waals surface area contributed by atoms with Gasteiger partial charge in [0.2, 0.25) is 0 Å². The maximum Gasteiger partial charge on any atom is 0.343 e. The van der Waals surface area contributed by atoms with E-state index in [-0.39, 0.29) is 16.9 Å². The number of hydrogen-bond acceptors (Lipinski definition) is 6. The fourth-order valence-corrected chi connectivity index (χ4v) is 7.03. The van der Waals surface area contributed by atoms with Crippen molar-refractivity contribution in [1.29, 1.82) is 0 Å². The summed E-state index contributed by atoms with van der Waals surface area (Å²) >= 11 is 0. The van der Waals surface area contributed by atoms with Crippen molar-refractivity contribution >= 4 is 27.5 Å². The van der Waals surface area contributed by atoms with E-state index in [9.17, 15) is 38.3 Å². The van der Waals surface area contributed by atoms with Crippen LogP contribution in [0.5, 0.6) is 0 Å². The maximum atomic E-state index is 13.1. The van der Waals surface area contributed by atoms with E-state index >= 15 is 0 Å². The Kier molecular flexibility index (Phi) is 15.2. The topological polar surface area (TPSA) is 152 Å². The first-order chi connectivity index (χ1) is 18.0. The molecule has 0 aliphatic carbocycles. The van der Waals surface area contributed by atoms with Crippen molar-refractivity contribution in [3.8, 4) is 0 Å². The van der Waals surface area contributed by atoms with Crippen LogP contribution >= 0.6 is 0 Å². The number of nitro groups is 1. The molecule has 10 heteroatoms. The first kappa shape index (κ1) is 33.5. The molecule has 0 amide bonds. The van der Waals surface area contributed by atoms with Gasteiger partial charge in [-0.3, -0.25) is 10.1 Å². The molecule has 0 bridgehead atoms. The van der Waals surface area contributed by atoms with Gasteiger partial charge in [0.15, 0.2) is 9.84 Å². The Hall–Kier alpha value is -2.49. The van der Waals surface area contributed by atoms with Crippen molar-refractivity contribution in [2.24, 2.45) is 0 Å². The van der Waals surface area contributed by atoms with Gasteiger partial charge >= 0.3 is 11.9 Å². The maximum absolute atomic E-state index is 13.1. The molecule has 0 radical (unpaired) electrons. The Bertz CT molecular complexity index is 1010. The number of carboxylic acids is 2. The van der Waals surface area contributed by atoms with Crippen LogP contribution < -0.4 is 0 Å². The fourth-order valence-electron chi connectivity index (χ4n) is 5.10. The van der Waals surface area contributed by atoms with Crippen molar-refractivity contribution < 1.29 is 33.1 Å². The minimum absolute atomic E-state index is 0.275. The van der Waals surface area contributed by atoms with E-state index in [1.807, 2.05) is 0 Å². The SMILES string of the molecule is CCCCCCCCCCCCCCCCCCS(=O)(=O)c1c(C)c(C(=O)O)c([N+](=O)[O-])c(C(=O)O)c1C. The lowest BCUT2D eigenvalue weighted by molar-refractivity contribution is -0.385. The van der Waals surface area contributed by atoms with Gasteiger partial charge in [-0.1, -0.05) is 103 Å². The lowest BCUT2D eigenvalue weighted by Crippen LogP contribution is -2.19. The van der Waals surface area contributed by atoms with Gasteiger partial charge in [-0.15, -0.1) is 0 Å². The normalized spacial score (nSPS) is 11.6. The van der Waals surface area contributed by atoms with Crippen LogP contribution in [0.15, 0.2) is 4.90 Å². The van der Waals surface area contributed by atoms with E-state index in [0.29, 0.717) is 12.8 Å². The van der Waals surface area contributed by atoms with Crippen molar-refractivity contribution in [1.82, 2.24) is 0 Å². The fraction of sp³-hybridized carbons (Fsp3) is 0.714. The average molecular weight is 556 g/mol. The van der Waals surface area contributed by atoms with Crippen LogP contribution in [0.4, 0.5) is 5.69 Å². The summed E-state index contributed by atoms with van der Waals surface area (Å²) in [5, 5.41) is 30.5. The Balaban J connectivity index is 2.53. The number of rotatable bonds is 21. The van der Waals surface area contributed by atoms with E-state index in [1.165, 1.54) is 84.5 Å². The average Bonchev–Trinajstić information content (AvgIpc) is 2.82. The molecule has 0 saturated carbocycles. The number of nitro benzene ring substituents is 1. The summed E-state index contributed by atoms with van der Waals surface area (Å²) in [7, 11) is -4.04. The van der Waals surface area contributed by atoms with E-state index in [2.05, 4.69) is 6.92 Å². The molecule has 38 heavy (non-hydrogen) atoms. The zero-order chi connectivity index (χ0) is 28.7. The van der Waals surface area contributed by atoms with Crippen LogP contribution in [0.2, 0.25) is 0 Å². The molecule has 216 valence electrons. The molecule has 0 spiro atoms. The van der Waals surface area contributed by atoms with Crippen LogP contribution in [0.25, 0.3) is 0 Å². The molecular formula is C28H45NO8S. The van der Waals surface area contributed by atoms with Gasteiger partial charge in [-0.05, 0) is 31.4 Å². The highest BCUT2D eigenvalue weighted by Crippen LogP contribution is 2.36. The lowest BCUT2D eigenvalue weighted by atomic mass is 9.96. The molecule has 0 aliphatic rings. The molecule has 0 fully saturated rings. The summed E-state index contributed by atoms with van der Waals surface area (Å²) in [5.74, 6) is -3.76. The molecular weight excluding hydrogens is 510 g/mol. The number of unbranched alkanes of at least 4 members (excludes halogenated alkanes) is 15. The van der Waals surface area contributed by atoms with Crippen molar-refractivity contribution in [3.05, 3.63) is 32.4 Å². The predicted octanol–water partition coefficient (Wildman–Crippen LogP) is 7.64. The van der Waals surface area contributed by atoms with E-state index in [4.69, 9.17) is 0 Å². The second kappa shape index (κ2) is 17.2. The van der Waals surface area contributed by atoms with Gasteiger partial charge in [0.05, 0.1) is 15.6 Å². The quantitative estimate of drug-likeness (QED) is 0.0891. The number of hydrogen-bond donors (Lipinski definition) is 2. The largest absolute Gasteiger partial charge is 0.477 e. The Morgan fingerprint density at radius 1 is 0.684 bits per heavy atom. The van der Waals surface area contributed by atoms with Crippen LogP contribution in [-0.2, 0) is 9.84 Å². The molecule has 0 heterocycles. The number of aromatic carboxylic acids is 2. The van der Waals surface area contributed by atoms with Gasteiger partial charge in [0.25, 0.3) is 5.69 Å². The third-order valence-electron chi connectivity index (χ3n) is 7.09. The van der Waals surface area contributed by atoms with E-state index in [0.717, 1.165) is 19.3 Å². The van der Waals surface area contributed by atoms with Crippen molar-refractivity contribution in [2.75, 3.05) is 5.75 Å². The van der Waals surface area contributed by atoms with Crippen LogP contribution in [0.1, 0.15) is 141 Å². The molecule has 1 aromatic carbocycles. The second-order valence-electron chi connectivity index (χ2n) is 10.2. The number of carbonyl (C=O) groups is 2. The molecule has 0 unspecified atom stereocenters. The summed E-state index contributed by atoms with van der Waals surface area (Å²) in [6, 6.07) is 0. The Morgan fingerprint density at radius 2 is 1.00 bits per heavy atom. The zero-order valence-electron chi connectivity index (χ0n) is 23.2. The molecule has 0 atom stereocenters. The highest BCUT2D eigenvalue weighted by Gasteiger charge is 2.37. The van der Waals surface area contributed by atoms with Gasteiger partial charge in [-0.2, -0.15) is 0 Å². The second-order valence-corrected chi connectivity index (χ2v) is 12.2. The molecule has 0 aromatic heterocycles. The third-order valence-corrected chi connectivity index (χ3v) is 9.15. The van der Waals surface area contributed by atoms with Crippen LogP contribution in [-0.4, -0.2) is 41.2 Å². The zero-order valence-corrected chi connectivity index (χ0v) is 24.0. The molecule has 2 N–H and O–H groups in total. The van der Waals surface area contributed by atoms with E-state index in [1.54, 1.807) is 0 Å². The molecule has 1 aromatic rings. The van der Waals surface area contributed by atoms with Crippen molar-refractivity contribution in [3.63, 3.8) is 0 Å². The molecule has 1 rings (SSSR count). The Morgan fingerprint density at radius 3 is 1.29 bits per heavy atom. The lowest BCUT2D eigenvalue weighted by Gasteiger charge is -2.16. The van der Waals surface area contributed by atoms with Gasteiger partial charge in [0.1, 0.15) is 11.1 Å². The number of carboxylic acid groups (broad SMARTS) is 2. The molecule has 0 aliphatic heterocycles. The summed E-state index contributed by atoms with van der Waals surface area (Å²) in [6.45, 7) is 4.58. The number of sulfone groups is 1. The first-order valence-electron chi connectivity index (χ1n) is 14.0. The summed E-state index contributed by atoms with van der Waals surface area (Å²) in [4.78, 5) is 33.4. The van der Waals surface area contributed by atoms with Gasteiger partial charge < -0.3 is 10.2 Å². The number of nitrogens with zero attached hydrogens (tertiary/aromatic N) is 1. The predicted molar refractivity (Wildman–Crippen MR) is 148 cm³/mol.